The van der Waals surface area contributed by atoms with Crippen molar-refractivity contribution in [1.29, 1.82) is 0 Å². The van der Waals surface area contributed by atoms with Crippen molar-refractivity contribution in [2.45, 2.75) is 38.1 Å². The molecule has 3 heteroatoms. The maximum absolute atomic E-state index is 5.35. The summed E-state index contributed by atoms with van der Waals surface area (Å²) in [5, 5.41) is 5.54. The number of thiocarbonyl (C=S) groups is 1. The second-order valence-electron chi connectivity index (χ2n) is 3.79. The monoisotopic (exact) mass is 225 g/mol. The van der Waals surface area contributed by atoms with Crippen LogP contribution in [0.4, 0.5) is 0 Å². The van der Waals surface area contributed by atoms with Gasteiger partial charge in [0.2, 0.25) is 0 Å². The molecular weight excluding hydrogens is 210 g/mol. The highest BCUT2D eigenvalue weighted by Gasteiger charge is 2.14. The van der Waals surface area contributed by atoms with Crippen molar-refractivity contribution < 1.29 is 0 Å². The summed E-state index contributed by atoms with van der Waals surface area (Å²) in [5.41, 5.74) is 0. The van der Waals surface area contributed by atoms with Gasteiger partial charge in [0, 0.05) is 6.04 Å². The lowest BCUT2D eigenvalue weighted by Gasteiger charge is -2.23. The van der Waals surface area contributed by atoms with Gasteiger partial charge < -0.3 is 5.32 Å². The fraction of sp³-hybridized carbons (Fsp3) is 0.545. The lowest BCUT2D eigenvalue weighted by Crippen LogP contribution is -2.35. The van der Waals surface area contributed by atoms with E-state index < -0.39 is 0 Å². The Hall–Kier alpha value is -0.410. The molecule has 0 aliphatic heterocycles. The van der Waals surface area contributed by atoms with E-state index >= 15 is 0 Å². The van der Waals surface area contributed by atoms with Crippen molar-refractivity contribution in [3.8, 4) is 0 Å². The fourth-order valence-corrected chi connectivity index (χ4v) is 2.92. The molecule has 0 unspecified atom stereocenters. The summed E-state index contributed by atoms with van der Waals surface area (Å²) in [7, 11) is 0. The standard InChI is InChI=1S/C11H15NS2/c13-11(10-7-4-8-14-10)12-9-5-2-1-3-6-9/h4,7-9H,1-3,5-6H2,(H,12,13). The molecule has 0 atom stereocenters. The third kappa shape index (κ3) is 2.55. The van der Waals surface area contributed by atoms with Crippen LogP contribution in [0.25, 0.3) is 0 Å². The van der Waals surface area contributed by atoms with Crippen molar-refractivity contribution in [3.05, 3.63) is 22.4 Å². The Morgan fingerprint density at radius 3 is 2.79 bits per heavy atom. The maximum Gasteiger partial charge on any atom is 0.116 e. The van der Waals surface area contributed by atoms with E-state index in [0.29, 0.717) is 6.04 Å². The summed E-state index contributed by atoms with van der Waals surface area (Å²) in [6.45, 7) is 0. The third-order valence-electron chi connectivity index (χ3n) is 2.69. The zero-order valence-electron chi connectivity index (χ0n) is 8.16. The van der Waals surface area contributed by atoms with Crippen LogP contribution >= 0.6 is 23.6 Å². The second-order valence-corrected chi connectivity index (χ2v) is 5.14. The summed E-state index contributed by atoms with van der Waals surface area (Å²) in [6, 6.07) is 4.76. The van der Waals surface area contributed by atoms with Crippen LogP contribution in [0.15, 0.2) is 17.5 Å². The Balaban J connectivity index is 1.87. The molecule has 1 fully saturated rings. The van der Waals surface area contributed by atoms with E-state index in [1.807, 2.05) is 0 Å². The van der Waals surface area contributed by atoms with Crippen LogP contribution in [0.5, 0.6) is 0 Å². The van der Waals surface area contributed by atoms with E-state index in [9.17, 15) is 0 Å². The van der Waals surface area contributed by atoms with Gasteiger partial charge in [-0.1, -0.05) is 37.5 Å². The molecule has 1 saturated carbocycles. The molecule has 1 aromatic rings. The van der Waals surface area contributed by atoms with Crippen LogP contribution in [0.2, 0.25) is 0 Å². The molecule has 0 amide bonds. The van der Waals surface area contributed by atoms with E-state index in [0.717, 1.165) is 4.99 Å². The molecule has 2 rings (SSSR count). The SMILES string of the molecule is S=C(NC1CCCCC1)c1cccs1. The summed E-state index contributed by atoms with van der Waals surface area (Å²) in [5.74, 6) is 0. The summed E-state index contributed by atoms with van der Waals surface area (Å²) < 4.78 is 0. The molecule has 76 valence electrons. The largest absolute Gasteiger partial charge is 0.372 e. The predicted molar refractivity (Wildman–Crippen MR) is 66.0 cm³/mol. The molecule has 0 bridgehead atoms. The van der Waals surface area contributed by atoms with E-state index in [4.69, 9.17) is 12.2 Å². The second kappa shape index (κ2) is 4.89. The molecule has 1 aliphatic rings. The molecule has 0 aromatic carbocycles. The van der Waals surface area contributed by atoms with Gasteiger partial charge in [-0.25, -0.2) is 0 Å². The van der Waals surface area contributed by atoms with Crippen molar-refractivity contribution in [2.75, 3.05) is 0 Å². The number of hydrogen-bond acceptors (Lipinski definition) is 2. The molecule has 1 aliphatic carbocycles. The van der Waals surface area contributed by atoms with Crippen LogP contribution in [0, 0.1) is 0 Å². The van der Waals surface area contributed by atoms with Crippen LogP contribution in [0.3, 0.4) is 0 Å². The minimum Gasteiger partial charge on any atom is -0.372 e. The first kappa shape index (κ1) is 10.1. The number of hydrogen-bond donors (Lipinski definition) is 1. The van der Waals surface area contributed by atoms with Gasteiger partial charge in [-0.05, 0) is 24.3 Å². The Bertz CT molecular complexity index is 286. The smallest absolute Gasteiger partial charge is 0.116 e. The van der Waals surface area contributed by atoms with Gasteiger partial charge >= 0.3 is 0 Å². The highest BCUT2D eigenvalue weighted by atomic mass is 32.1. The van der Waals surface area contributed by atoms with Crippen molar-refractivity contribution >= 4 is 28.5 Å². The average molecular weight is 225 g/mol. The summed E-state index contributed by atoms with van der Waals surface area (Å²) in [4.78, 5) is 2.14. The third-order valence-corrected chi connectivity index (χ3v) is 4.04. The van der Waals surface area contributed by atoms with Gasteiger partial charge in [0.05, 0.1) is 4.88 Å². The highest BCUT2D eigenvalue weighted by Crippen LogP contribution is 2.18. The molecule has 0 radical (unpaired) electrons. The molecule has 1 nitrogen and oxygen atoms in total. The van der Waals surface area contributed by atoms with Gasteiger partial charge in [-0.2, -0.15) is 0 Å². The highest BCUT2D eigenvalue weighted by molar-refractivity contribution is 7.81. The first-order valence-electron chi connectivity index (χ1n) is 5.20. The normalized spacial score (nSPS) is 18.0. The van der Waals surface area contributed by atoms with Gasteiger partial charge in [0.1, 0.15) is 4.99 Å². The van der Waals surface area contributed by atoms with Gasteiger partial charge in [0.15, 0.2) is 0 Å². The first-order chi connectivity index (χ1) is 6.86. The molecular formula is C11H15NS2. The van der Waals surface area contributed by atoms with Crippen molar-refractivity contribution in [1.82, 2.24) is 5.32 Å². The van der Waals surface area contributed by atoms with E-state index in [1.54, 1.807) is 11.3 Å². The minimum absolute atomic E-state index is 0.623. The molecule has 14 heavy (non-hydrogen) atoms. The molecule has 1 N–H and O–H groups in total. The maximum atomic E-state index is 5.35. The fourth-order valence-electron chi connectivity index (χ4n) is 1.91. The van der Waals surface area contributed by atoms with Gasteiger partial charge in [0.25, 0.3) is 0 Å². The molecule has 0 spiro atoms. The summed E-state index contributed by atoms with van der Waals surface area (Å²) in [6.07, 6.45) is 6.66. The van der Waals surface area contributed by atoms with Crippen molar-refractivity contribution in [2.24, 2.45) is 0 Å². The van der Waals surface area contributed by atoms with Crippen LogP contribution < -0.4 is 5.32 Å². The van der Waals surface area contributed by atoms with Crippen LogP contribution in [-0.4, -0.2) is 11.0 Å². The van der Waals surface area contributed by atoms with E-state index in [-0.39, 0.29) is 0 Å². The number of thiophene rings is 1. The van der Waals surface area contributed by atoms with E-state index in [1.165, 1.54) is 37.0 Å². The average Bonchev–Trinajstić information content (AvgIpc) is 2.72. The van der Waals surface area contributed by atoms with Crippen LogP contribution in [-0.2, 0) is 0 Å². The zero-order valence-corrected chi connectivity index (χ0v) is 9.79. The lowest BCUT2D eigenvalue weighted by molar-refractivity contribution is 0.415. The van der Waals surface area contributed by atoms with Gasteiger partial charge in [-0.3, -0.25) is 0 Å². The Morgan fingerprint density at radius 1 is 1.36 bits per heavy atom. The molecule has 1 heterocycles. The first-order valence-corrected chi connectivity index (χ1v) is 6.49. The number of nitrogens with one attached hydrogen (secondary N) is 1. The lowest BCUT2D eigenvalue weighted by atomic mass is 9.95. The Morgan fingerprint density at radius 2 is 2.14 bits per heavy atom. The van der Waals surface area contributed by atoms with Crippen LogP contribution in [0.1, 0.15) is 37.0 Å². The molecule has 1 aromatic heterocycles. The Labute approximate surface area is 94.5 Å². The predicted octanol–water partition coefficient (Wildman–Crippen LogP) is 3.35. The van der Waals surface area contributed by atoms with Gasteiger partial charge in [-0.15, -0.1) is 11.3 Å². The summed E-state index contributed by atoms with van der Waals surface area (Å²) >= 11 is 7.07. The quantitative estimate of drug-likeness (QED) is 0.775. The Kier molecular flexibility index (Phi) is 3.54. The van der Waals surface area contributed by atoms with E-state index in [2.05, 4.69) is 22.8 Å². The molecule has 0 saturated heterocycles. The number of rotatable bonds is 2. The topological polar surface area (TPSA) is 12.0 Å². The minimum atomic E-state index is 0.623. The zero-order chi connectivity index (χ0) is 9.80. The van der Waals surface area contributed by atoms with Crippen molar-refractivity contribution in [3.63, 3.8) is 0 Å².